The Labute approximate surface area is 51.8 Å². The van der Waals surface area contributed by atoms with Gasteiger partial charge in [-0.05, 0) is 19.1 Å². The fourth-order valence-corrected chi connectivity index (χ4v) is 0.574. The molecule has 4 heteroatoms. The third-order valence-electron chi connectivity index (χ3n) is 0.703. The Morgan fingerprint density at radius 3 is 2.88 bits per heavy atom. The summed E-state index contributed by atoms with van der Waals surface area (Å²) in [6.45, 7) is 1.80. The number of nitrogens with zero attached hydrogens (tertiary/aromatic N) is 2. The third-order valence-corrected chi connectivity index (χ3v) is 0.912. The molecule has 0 aliphatic rings. The second-order valence-electron chi connectivity index (χ2n) is 1.37. The average molecular weight is 127 g/mol. The molecule has 1 aromatic heterocycles. The number of hydrogen-bond acceptors (Lipinski definition) is 3. The van der Waals surface area contributed by atoms with Crippen molar-refractivity contribution in [1.29, 1.82) is 0 Å². The lowest BCUT2D eigenvalue weighted by molar-refractivity contribution is 0.956. The molecule has 0 unspecified atom stereocenters. The Kier molecular flexibility index (Phi) is 1.34. The fourth-order valence-electron chi connectivity index (χ4n) is 0.389. The van der Waals surface area contributed by atoms with Crippen LogP contribution in [0.4, 0.5) is 0 Å². The highest BCUT2D eigenvalue weighted by atomic mass is 32.1. The maximum absolute atomic E-state index is 4.69. The molecule has 1 heterocycles. The van der Waals surface area contributed by atoms with Crippen LogP contribution in [0.3, 0.4) is 0 Å². The number of hydrogen-bond donors (Lipinski definition) is 1. The maximum Gasteiger partial charge on any atom is 0.199 e. The van der Waals surface area contributed by atoms with E-state index in [0.717, 1.165) is 0 Å². The molecule has 0 atom stereocenters. The van der Waals surface area contributed by atoms with E-state index in [9.17, 15) is 0 Å². The van der Waals surface area contributed by atoms with Crippen molar-refractivity contribution in [1.82, 2.24) is 15.0 Å². The van der Waals surface area contributed by atoms with E-state index in [1.807, 2.05) is 0 Å². The molecule has 42 valence electrons. The lowest BCUT2D eigenvalue weighted by atomic mass is 10.7. The first-order valence-corrected chi connectivity index (χ1v) is 2.58. The Hall–Kier alpha value is -0.770. The molecule has 8 heavy (non-hydrogen) atoms. The van der Waals surface area contributed by atoms with Crippen LogP contribution in [0.1, 0.15) is 5.82 Å². The molecule has 0 spiro atoms. The lowest BCUT2D eigenvalue weighted by Crippen LogP contribution is -1.87. The summed E-state index contributed by atoms with van der Waals surface area (Å²) in [5.74, 6) is 0.703. The van der Waals surface area contributed by atoms with Crippen LogP contribution < -0.4 is 0 Å². The van der Waals surface area contributed by atoms with Crippen molar-refractivity contribution >= 4 is 12.2 Å². The van der Waals surface area contributed by atoms with E-state index in [2.05, 4.69) is 15.0 Å². The molecular weight excluding hydrogens is 122 g/mol. The Morgan fingerprint density at radius 1 is 1.75 bits per heavy atom. The molecule has 0 amide bonds. The summed E-state index contributed by atoms with van der Waals surface area (Å²) in [5, 5.41) is 0. The molecule has 0 aliphatic heterocycles. The van der Waals surface area contributed by atoms with Gasteiger partial charge in [0.2, 0.25) is 0 Å². The van der Waals surface area contributed by atoms with Crippen molar-refractivity contribution in [2.75, 3.05) is 0 Å². The van der Waals surface area contributed by atoms with Crippen LogP contribution in [0, 0.1) is 11.7 Å². The van der Waals surface area contributed by atoms with Gasteiger partial charge in [0.05, 0.1) is 6.33 Å². The van der Waals surface area contributed by atoms with Gasteiger partial charge < -0.3 is 4.98 Å². The number of H-pyrrole nitrogens is 1. The van der Waals surface area contributed by atoms with Gasteiger partial charge in [0.15, 0.2) is 4.77 Å². The highest BCUT2D eigenvalue weighted by Gasteiger charge is 1.79. The van der Waals surface area contributed by atoms with E-state index in [-0.39, 0.29) is 0 Å². The molecule has 0 aromatic carbocycles. The highest BCUT2D eigenvalue weighted by Crippen LogP contribution is 1.79. The van der Waals surface area contributed by atoms with E-state index < -0.39 is 0 Å². The lowest BCUT2D eigenvalue weighted by Gasteiger charge is -1.84. The minimum Gasteiger partial charge on any atom is -0.322 e. The molecule has 0 aliphatic carbocycles. The van der Waals surface area contributed by atoms with Gasteiger partial charge in [-0.2, -0.15) is 0 Å². The van der Waals surface area contributed by atoms with Gasteiger partial charge in [-0.25, -0.2) is 9.97 Å². The van der Waals surface area contributed by atoms with Crippen molar-refractivity contribution in [3.8, 4) is 0 Å². The number of aromatic amines is 1. The quantitative estimate of drug-likeness (QED) is 0.525. The van der Waals surface area contributed by atoms with Crippen LogP contribution in [0.15, 0.2) is 6.33 Å². The standard InChI is InChI=1S/C4H5N3S/c1-3-5-2-6-4(8)7-3/h2H,1H3,(H,5,6,7,8). The zero-order chi connectivity index (χ0) is 5.98. The van der Waals surface area contributed by atoms with Gasteiger partial charge in [-0.15, -0.1) is 0 Å². The smallest absolute Gasteiger partial charge is 0.199 e. The van der Waals surface area contributed by atoms with Crippen molar-refractivity contribution in [2.24, 2.45) is 0 Å². The molecule has 0 bridgehead atoms. The van der Waals surface area contributed by atoms with E-state index in [4.69, 9.17) is 12.2 Å². The summed E-state index contributed by atoms with van der Waals surface area (Å²) >= 11 is 4.69. The number of rotatable bonds is 0. The highest BCUT2D eigenvalue weighted by molar-refractivity contribution is 7.71. The largest absolute Gasteiger partial charge is 0.322 e. The van der Waals surface area contributed by atoms with Crippen LogP contribution in [0.5, 0.6) is 0 Å². The van der Waals surface area contributed by atoms with Gasteiger partial charge in [0.25, 0.3) is 0 Å². The summed E-state index contributed by atoms with van der Waals surface area (Å²) in [7, 11) is 0. The van der Waals surface area contributed by atoms with E-state index in [0.29, 0.717) is 10.6 Å². The fraction of sp³-hybridized carbons (Fsp3) is 0.250. The van der Waals surface area contributed by atoms with E-state index in [1.54, 1.807) is 6.92 Å². The first kappa shape index (κ1) is 5.37. The summed E-state index contributed by atoms with van der Waals surface area (Å²) in [4.78, 5) is 10.3. The molecule has 0 radical (unpaired) electrons. The first-order valence-electron chi connectivity index (χ1n) is 2.17. The van der Waals surface area contributed by atoms with Crippen molar-refractivity contribution in [3.63, 3.8) is 0 Å². The van der Waals surface area contributed by atoms with Crippen LogP contribution in [0.2, 0.25) is 0 Å². The van der Waals surface area contributed by atoms with E-state index >= 15 is 0 Å². The number of nitrogens with one attached hydrogen (secondary N) is 1. The average Bonchev–Trinajstić information content (AvgIpc) is 1.64. The van der Waals surface area contributed by atoms with Gasteiger partial charge >= 0.3 is 0 Å². The first-order chi connectivity index (χ1) is 3.79. The molecule has 0 fully saturated rings. The Morgan fingerprint density at radius 2 is 2.50 bits per heavy atom. The summed E-state index contributed by atoms with van der Waals surface area (Å²) in [6, 6.07) is 0. The molecule has 0 saturated heterocycles. The van der Waals surface area contributed by atoms with Gasteiger partial charge in [0, 0.05) is 0 Å². The van der Waals surface area contributed by atoms with Crippen molar-refractivity contribution in [3.05, 3.63) is 16.9 Å². The van der Waals surface area contributed by atoms with Gasteiger partial charge in [-0.1, -0.05) is 0 Å². The predicted octanol–water partition coefficient (Wildman–Crippen LogP) is 0.843. The Bertz CT molecular complexity index is 229. The normalized spacial score (nSPS) is 9.12. The Balaban J connectivity index is 3.28. The molecule has 1 aromatic rings. The van der Waals surface area contributed by atoms with Crippen molar-refractivity contribution in [2.45, 2.75) is 6.92 Å². The summed E-state index contributed by atoms with van der Waals surface area (Å²) < 4.78 is 0.484. The number of aryl methyl sites for hydroxylation is 1. The second kappa shape index (κ2) is 2.00. The maximum atomic E-state index is 4.69. The zero-order valence-electron chi connectivity index (χ0n) is 4.38. The minimum absolute atomic E-state index is 0.484. The third kappa shape index (κ3) is 1.10. The second-order valence-corrected chi connectivity index (χ2v) is 1.75. The molecule has 3 nitrogen and oxygen atoms in total. The van der Waals surface area contributed by atoms with Crippen LogP contribution >= 0.6 is 12.2 Å². The predicted molar refractivity (Wildman–Crippen MR) is 32.0 cm³/mol. The minimum atomic E-state index is 0.484. The van der Waals surface area contributed by atoms with E-state index in [1.165, 1.54) is 6.33 Å². The summed E-state index contributed by atoms with van der Waals surface area (Å²) in [5.41, 5.74) is 0. The molecular formula is C4H5N3S. The molecule has 0 saturated carbocycles. The summed E-state index contributed by atoms with van der Waals surface area (Å²) in [6.07, 6.45) is 1.53. The van der Waals surface area contributed by atoms with Crippen molar-refractivity contribution < 1.29 is 0 Å². The van der Waals surface area contributed by atoms with Gasteiger partial charge in [0.1, 0.15) is 5.82 Å². The van der Waals surface area contributed by atoms with Crippen LogP contribution in [-0.4, -0.2) is 15.0 Å². The monoisotopic (exact) mass is 127 g/mol. The SMILES string of the molecule is Cc1nc[nH]c(=S)n1. The molecule has 1 rings (SSSR count). The van der Waals surface area contributed by atoms with Crippen LogP contribution in [0.25, 0.3) is 0 Å². The molecule has 1 N–H and O–H groups in total. The van der Waals surface area contributed by atoms with Gasteiger partial charge in [-0.3, -0.25) is 0 Å². The number of aromatic nitrogens is 3. The zero-order valence-corrected chi connectivity index (χ0v) is 5.20. The topological polar surface area (TPSA) is 41.6 Å². The van der Waals surface area contributed by atoms with Crippen LogP contribution in [-0.2, 0) is 0 Å².